The molecule has 1 aliphatic rings. The summed E-state index contributed by atoms with van der Waals surface area (Å²) in [6.45, 7) is 4.56. The van der Waals surface area contributed by atoms with Crippen LogP contribution < -0.4 is 0 Å². The number of hydrogen-bond donors (Lipinski definition) is 0. The number of piperidine rings is 1. The Morgan fingerprint density at radius 2 is 1.80 bits per heavy atom. The van der Waals surface area contributed by atoms with E-state index in [1.54, 1.807) is 0 Å². The predicted octanol–water partition coefficient (Wildman–Crippen LogP) is 1.83. The van der Waals surface area contributed by atoms with Crippen molar-refractivity contribution < 1.29 is 4.58 Å². The Morgan fingerprint density at radius 1 is 1.10 bits per heavy atom. The van der Waals surface area contributed by atoms with Crippen LogP contribution in [0.25, 0.3) is 0 Å². The van der Waals surface area contributed by atoms with Gasteiger partial charge in [-0.05, 0) is 19.4 Å². The Labute approximate surface area is 63.1 Å². The summed E-state index contributed by atoms with van der Waals surface area (Å²) in [6.07, 6.45) is 10.5. The van der Waals surface area contributed by atoms with Crippen molar-refractivity contribution in [2.24, 2.45) is 0 Å². The van der Waals surface area contributed by atoms with E-state index in [1.165, 1.54) is 32.4 Å². The largest absolute Gasteiger partial charge is 0.236 e. The Morgan fingerprint density at radius 3 is 2.40 bits per heavy atom. The monoisotopic (exact) mass is 138 g/mol. The third-order valence-corrected chi connectivity index (χ3v) is 1.88. The first kappa shape index (κ1) is 7.52. The zero-order chi connectivity index (χ0) is 7.23. The third-order valence-electron chi connectivity index (χ3n) is 1.88. The lowest BCUT2D eigenvalue weighted by atomic mass is 10.2. The second-order valence-electron chi connectivity index (χ2n) is 2.77. The van der Waals surface area contributed by atoms with Gasteiger partial charge in [-0.3, -0.25) is 0 Å². The highest BCUT2D eigenvalue weighted by molar-refractivity contribution is 5.65. The van der Waals surface area contributed by atoms with Crippen molar-refractivity contribution in [3.8, 4) is 0 Å². The van der Waals surface area contributed by atoms with E-state index in [9.17, 15) is 0 Å². The van der Waals surface area contributed by atoms with E-state index in [2.05, 4.69) is 29.9 Å². The average molecular weight is 138 g/mol. The Balaban J connectivity index is 2.37. The summed E-state index contributed by atoms with van der Waals surface area (Å²) in [7, 11) is 0. The molecule has 0 unspecified atom stereocenters. The van der Waals surface area contributed by atoms with Crippen molar-refractivity contribution in [1.29, 1.82) is 0 Å². The summed E-state index contributed by atoms with van der Waals surface area (Å²) in [5.74, 6) is 0. The molecule has 0 aromatic heterocycles. The molecule has 1 rings (SSSR count). The van der Waals surface area contributed by atoms with Gasteiger partial charge in [0.1, 0.15) is 13.1 Å². The van der Waals surface area contributed by atoms with Crippen molar-refractivity contribution in [1.82, 2.24) is 0 Å². The highest BCUT2D eigenvalue weighted by atomic mass is 15.0. The van der Waals surface area contributed by atoms with Gasteiger partial charge in [-0.1, -0.05) is 6.08 Å². The molecule has 0 aliphatic carbocycles. The molecule has 0 atom stereocenters. The van der Waals surface area contributed by atoms with Gasteiger partial charge >= 0.3 is 0 Å². The van der Waals surface area contributed by atoms with E-state index in [0.717, 1.165) is 0 Å². The fourth-order valence-electron chi connectivity index (χ4n) is 1.28. The van der Waals surface area contributed by atoms with Crippen LogP contribution in [0.2, 0.25) is 0 Å². The topological polar surface area (TPSA) is 3.01 Å². The maximum atomic E-state index is 2.39. The molecule has 56 valence electrons. The van der Waals surface area contributed by atoms with Gasteiger partial charge in [-0.2, -0.15) is 0 Å². The van der Waals surface area contributed by atoms with Crippen LogP contribution in [-0.2, 0) is 0 Å². The van der Waals surface area contributed by atoms with Gasteiger partial charge in [-0.15, -0.1) is 0 Å². The zero-order valence-corrected chi connectivity index (χ0v) is 6.71. The highest BCUT2D eigenvalue weighted by Crippen LogP contribution is 2.02. The lowest BCUT2D eigenvalue weighted by molar-refractivity contribution is -0.532. The first-order valence-corrected chi connectivity index (χ1v) is 4.13. The maximum absolute atomic E-state index is 2.39. The highest BCUT2D eigenvalue weighted by Gasteiger charge is 2.08. The van der Waals surface area contributed by atoms with E-state index in [-0.39, 0.29) is 0 Å². The summed E-state index contributed by atoms with van der Waals surface area (Å²) >= 11 is 0. The minimum absolute atomic E-state index is 1.25. The average Bonchev–Trinajstić information content (AvgIpc) is 2.03. The van der Waals surface area contributed by atoms with Crippen molar-refractivity contribution in [2.45, 2.75) is 26.2 Å². The molecule has 10 heavy (non-hydrogen) atoms. The van der Waals surface area contributed by atoms with Crippen LogP contribution in [0.5, 0.6) is 0 Å². The summed E-state index contributed by atoms with van der Waals surface area (Å²) < 4.78 is 2.39. The number of hydrogen-bond acceptors (Lipinski definition) is 0. The van der Waals surface area contributed by atoms with Gasteiger partial charge in [0, 0.05) is 12.8 Å². The molecule has 0 saturated carbocycles. The quantitative estimate of drug-likeness (QED) is 0.486. The zero-order valence-electron chi connectivity index (χ0n) is 6.71. The molecule has 0 bridgehead atoms. The van der Waals surface area contributed by atoms with Crippen LogP contribution in [0.15, 0.2) is 12.2 Å². The number of nitrogens with zero attached hydrogens (tertiary/aromatic N) is 1. The van der Waals surface area contributed by atoms with E-state index in [4.69, 9.17) is 0 Å². The molecule has 1 nitrogen and oxygen atoms in total. The van der Waals surface area contributed by atoms with E-state index >= 15 is 0 Å². The minimum atomic E-state index is 1.25. The van der Waals surface area contributed by atoms with E-state index in [0.29, 0.717) is 0 Å². The lowest BCUT2D eigenvalue weighted by Crippen LogP contribution is -2.20. The molecule has 1 heterocycles. The SMILES string of the molecule is C/C=C/C=[N+]1CCCCC1. The summed E-state index contributed by atoms with van der Waals surface area (Å²) in [6, 6.07) is 0. The Bertz CT molecular complexity index is 137. The Hall–Kier alpha value is -0.590. The van der Waals surface area contributed by atoms with Crippen molar-refractivity contribution in [3.05, 3.63) is 12.2 Å². The van der Waals surface area contributed by atoms with Crippen molar-refractivity contribution in [2.75, 3.05) is 13.1 Å². The summed E-state index contributed by atoms with van der Waals surface area (Å²) in [5, 5.41) is 0. The third kappa shape index (κ3) is 2.34. The van der Waals surface area contributed by atoms with Crippen molar-refractivity contribution >= 4 is 6.21 Å². The van der Waals surface area contributed by atoms with Gasteiger partial charge in [-0.25, -0.2) is 4.58 Å². The molecule has 1 heteroatoms. The molecule has 0 N–H and O–H groups in total. The molecule has 0 spiro atoms. The predicted molar refractivity (Wildman–Crippen MR) is 44.7 cm³/mol. The van der Waals surface area contributed by atoms with Gasteiger partial charge in [0.25, 0.3) is 0 Å². The molecule has 0 aromatic carbocycles. The van der Waals surface area contributed by atoms with Crippen molar-refractivity contribution in [3.63, 3.8) is 0 Å². The first-order valence-electron chi connectivity index (χ1n) is 4.13. The van der Waals surface area contributed by atoms with Crippen LogP contribution in [0.4, 0.5) is 0 Å². The van der Waals surface area contributed by atoms with Crippen LogP contribution in [0, 0.1) is 0 Å². The molecular weight excluding hydrogens is 122 g/mol. The molecule has 1 saturated heterocycles. The smallest absolute Gasteiger partial charge is 0.163 e. The fourth-order valence-corrected chi connectivity index (χ4v) is 1.28. The second-order valence-corrected chi connectivity index (χ2v) is 2.77. The van der Waals surface area contributed by atoms with Gasteiger partial charge in [0.2, 0.25) is 0 Å². The second kappa shape index (κ2) is 4.26. The van der Waals surface area contributed by atoms with E-state index < -0.39 is 0 Å². The van der Waals surface area contributed by atoms with Gasteiger partial charge < -0.3 is 0 Å². The van der Waals surface area contributed by atoms with E-state index in [1.807, 2.05) is 0 Å². The molecular formula is C9H16N+. The molecule has 0 amide bonds. The van der Waals surface area contributed by atoms with Crippen LogP contribution in [-0.4, -0.2) is 23.9 Å². The van der Waals surface area contributed by atoms with Gasteiger partial charge in [0.05, 0.1) is 0 Å². The fraction of sp³-hybridized carbons (Fsp3) is 0.667. The summed E-state index contributed by atoms with van der Waals surface area (Å²) in [4.78, 5) is 0. The number of allylic oxidation sites excluding steroid dienone is 2. The maximum Gasteiger partial charge on any atom is 0.163 e. The standard InChI is InChI=1S/C9H16N/c1-2-3-7-10-8-5-4-6-9-10/h2-3,7H,4-6,8-9H2,1H3/q+1/b3-2+. The molecule has 1 fully saturated rings. The molecule has 0 aromatic rings. The van der Waals surface area contributed by atoms with Crippen LogP contribution in [0.3, 0.4) is 0 Å². The summed E-state index contributed by atoms with van der Waals surface area (Å²) in [5.41, 5.74) is 0. The normalized spacial score (nSPS) is 19.9. The minimum Gasteiger partial charge on any atom is -0.236 e. The first-order chi connectivity index (χ1) is 4.93. The molecule has 1 aliphatic heterocycles. The number of rotatable bonds is 1. The van der Waals surface area contributed by atoms with Crippen LogP contribution in [0.1, 0.15) is 26.2 Å². The molecule has 0 radical (unpaired) electrons. The van der Waals surface area contributed by atoms with Crippen LogP contribution >= 0.6 is 0 Å². The van der Waals surface area contributed by atoms with Gasteiger partial charge in [0.15, 0.2) is 6.21 Å². The Kier molecular flexibility index (Phi) is 3.20. The lowest BCUT2D eigenvalue weighted by Gasteiger charge is -2.07.